The van der Waals surface area contributed by atoms with Crippen LogP contribution in [0.5, 0.6) is 5.75 Å². The number of hydrogen-bond donors (Lipinski definition) is 2. The molecule has 3 rings (SSSR count). The van der Waals surface area contributed by atoms with Crippen LogP contribution >= 0.6 is 0 Å². The molecule has 36 heavy (non-hydrogen) atoms. The molecule has 6 heteroatoms. The first-order valence-corrected chi connectivity index (χ1v) is 12.2. The molecule has 1 atom stereocenters. The van der Waals surface area contributed by atoms with Gasteiger partial charge in [0.1, 0.15) is 18.2 Å². The summed E-state index contributed by atoms with van der Waals surface area (Å²) in [6.07, 6.45) is 0.870. The molecule has 0 saturated carbocycles. The number of aryl methyl sites for hydroxylation is 3. The number of amides is 1. The third kappa shape index (κ3) is 7.67. The molecular formula is C30H34FNO4. The van der Waals surface area contributed by atoms with E-state index in [0.29, 0.717) is 28.4 Å². The molecule has 0 bridgehead atoms. The third-order valence-electron chi connectivity index (χ3n) is 5.95. The van der Waals surface area contributed by atoms with Crippen LogP contribution in [0.25, 0.3) is 0 Å². The summed E-state index contributed by atoms with van der Waals surface area (Å²) in [7, 11) is 0. The highest BCUT2D eigenvalue weighted by molar-refractivity contribution is 5.96. The zero-order valence-electron chi connectivity index (χ0n) is 21.3. The van der Waals surface area contributed by atoms with E-state index in [1.54, 1.807) is 36.4 Å². The Labute approximate surface area is 212 Å². The van der Waals surface area contributed by atoms with Crippen LogP contribution in [0.1, 0.15) is 70.9 Å². The monoisotopic (exact) mass is 491 g/mol. The van der Waals surface area contributed by atoms with Gasteiger partial charge in [0, 0.05) is 17.5 Å². The van der Waals surface area contributed by atoms with E-state index in [1.165, 1.54) is 6.07 Å². The van der Waals surface area contributed by atoms with Crippen LogP contribution in [0, 0.1) is 25.6 Å². The number of carbonyl (C=O) groups excluding carboxylic acids is 1. The number of nitrogens with one attached hydrogen (secondary N) is 1. The van der Waals surface area contributed by atoms with Crippen LogP contribution in [0.2, 0.25) is 0 Å². The fraction of sp³-hybridized carbons (Fsp3) is 0.333. The molecule has 5 nitrogen and oxygen atoms in total. The summed E-state index contributed by atoms with van der Waals surface area (Å²) < 4.78 is 19.8. The number of halogens is 1. The van der Waals surface area contributed by atoms with Gasteiger partial charge >= 0.3 is 5.97 Å². The van der Waals surface area contributed by atoms with Crippen molar-refractivity contribution in [1.29, 1.82) is 0 Å². The molecule has 0 radical (unpaired) electrons. The molecule has 3 aromatic carbocycles. The summed E-state index contributed by atoms with van der Waals surface area (Å²) in [6.45, 7) is 8.30. The van der Waals surface area contributed by atoms with Crippen LogP contribution in [0.15, 0.2) is 60.7 Å². The lowest BCUT2D eigenvalue weighted by Gasteiger charge is -2.23. The van der Waals surface area contributed by atoms with Crippen molar-refractivity contribution in [3.05, 3.63) is 99.9 Å². The summed E-state index contributed by atoms with van der Waals surface area (Å²) in [4.78, 5) is 24.8. The van der Waals surface area contributed by atoms with Gasteiger partial charge in [-0.25, -0.2) is 4.39 Å². The minimum absolute atomic E-state index is 0.0146. The number of carbonyl (C=O) groups is 2. The second-order valence-electron chi connectivity index (χ2n) is 9.67. The Balaban J connectivity index is 1.89. The van der Waals surface area contributed by atoms with Gasteiger partial charge in [0.2, 0.25) is 0 Å². The van der Waals surface area contributed by atoms with E-state index in [1.807, 2.05) is 13.8 Å². The maximum Gasteiger partial charge on any atom is 0.303 e. The zero-order valence-corrected chi connectivity index (χ0v) is 21.3. The Morgan fingerprint density at radius 3 is 2.31 bits per heavy atom. The van der Waals surface area contributed by atoms with Crippen LogP contribution in [-0.4, -0.2) is 17.0 Å². The van der Waals surface area contributed by atoms with Crippen LogP contribution in [0.4, 0.5) is 4.39 Å². The fourth-order valence-corrected chi connectivity index (χ4v) is 4.29. The first kappa shape index (κ1) is 26.9. The molecular weight excluding hydrogens is 457 g/mol. The molecule has 1 unspecified atom stereocenters. The standard InChI is InChI=1S/C30H34FNO4/c1-19(2)13-28(24-15-20(3)14-21(4)16-24)32-30(35)26-17-25(11-9-22(26)10-12-29(33)34)36-18-23-7-5-6-8-27(23)31/h5-9,11,14-17,19,28H,10,12-13,18H2,1-4H3,(H,32,35)(H,33,34). The first-order valence-electron chi connectivity index (χ1n) is 12.2. The van der Waals surface area contributed by atoms with Crippen molar-refractivity contribution >= 4 is 11.9 Å². The van der Waals surface area contributed by atoms with Gasteiger partial charge < -0.3 is 15.2 Å². The van der Waals surface area contributed by atoms with Crippen molar-refractivity contribution in [1.82, 2.24) is 5.32 Å². The number of hydrogen-bond acceptors (Lipinski definition) is 3. The van der Waals surface area contributed by atoms with E-state index >= 15 is 0 Å². The lowest BCUT2D eigenvalue weighted by molar-refractivity contribution is -0.136. The second kappa shape index (κ2) is 12.3. The minimum Gasteiger partial charge on any atom is -0.489 e. The van der Waals surface area contributed by atoms with E-state index in [-0.39, 0.29) is 37.2 Å². The molecule has 2 N–H and O–H groups in total. The molecule has 0 fully saturated rings. The van der Waals surface area contributed by atoms with E-state index in [9.17, 15) is 19.1 Å². The van der Waals surface area contributed by atoms with Crippen LogP contribution in [0.3, 0.4) is 0 Å². The van der Waals surface area contributed by atoms with E-state index < -0.39 is 5.97 Å². The van der Waals surface area contributed by atoms with Gasteiger partial charge in [-0.1, -0.05) is 67.4 Å². The van der Waals surface area contributed by atoms with Crippen molar-refractivity contribution in [2.75, 3.05) is 0 Å². The van der Waals surface area contributed by atoms with Gasteiger partial charge in [0.25, 0.3) is 5.91 Å². The van der Waals surface area contributed by atoms with Crippen molar-refractivity contribution in [2.24, 2.45) is 5.92 Å². The van der Waals surface area contributed by atoms with Gasteiger partial charge in [-0.2, -0.15) is 0 Å². The molecule has 0 aliphatic carbocycles. The van der Waals surface area contributed by atoms with E-state index in [0.717, 1.165) is 23.1 Å². The molecule has 1 amide bonds. The Kier molecular flexibility index (Phi) is 9.23. The molecule has 190 valence electrons. The Bertz CT molecular complexity index is 1200. The van der Waals surface area contributed by atoms with Crippen molar-refractivity contribution in [2.45, 2.75) is 59.6 Å². The number of rotatable bonds is 11. The molecule has 0 aliphatic heterocycles. The van der Waals surface area contributed by atoms with Crippen molar-refractivity contribution < 1.29 is 23.8 Å². The lowest BCUT2D eigenvalue weighted by atomic mass is 9.93. The molecule has 3 aromatic rings. The molecule has 0 spiro atoms. The first-order chi connectivity index (χ1) is 17.1. The average Bonchev–Trinajstić information content (AvgIpc) is 2.81. The van der Waals surface area contributed by atoms with E-state index in [2.05, 4.69) is 37.4 Å². The molecule has 0 saturated heterocycles. The Morgan fingerprint density at radius 1 is 0.972 bits per heavy atom. The quantitative estimate of drug-likeness (QED) is 0.319. The maximum atomic E-state index is 14.0. The third-order valence-corrected chi connectivity index (χ3v) is 5.95. The smallest absolute Gasteiger partial charge is 0.303 e. The number of ether oxygens (including phenoxy) is 1. The van der Waals surface area contributed by atoms with Crippen molar-refractivity contribution in [3.63, 3.8) is 0 Å². The number of carboxylic acid groups (broad SMARTS) is 1. The van der Waals surface area contributed by atoms with Crippen molar-refractivity contribution in [3.8, 4) is 5.75 Å². The van der Waals surface area contributed by atoms with Crippen LogP contribution in [-0.2, 0) is 17.8 Å². The normalized spacial score (nSPS) is 11.8. The van der Waals surface area contributed by atoms with Gasteiger partial charge in [0.15, 0.2) is 0 Å². The van der Waals surface area contributed by atoms with Gasteiger partial charge in [-0.15, -0.1) is 0 Å². The largest absolute Gasteiger partial charge is 0.489 e. The minimum atomic E-state index is -0.936. The summed E-state index contributed by atoms with van der Waals surface area (Å²) >= 11 is 0. The summed E-state index contributed by atoms with van der Waals surface area (Å²) in [5, 5.41) is 12.4. The van der Waals surface area contributed by atoms with Gasteiger partial charge in [-0.3, -0.25) is 9.59 Å². The van der Waals surface area contributed by atoms with Crippen LogP contribution < -0.4 is 10.1 Å². The Morgan fingerprint density at radius 2 is 1.67 bits per heavy atom. The SMILES string of the molecule is Cc1cc(C)cc(C(CC(C)C)NC(=O)c2cc(OCc3ccccc3F)ccc2CCC(=O)O)c1. The summed E-state index contributed by atoms with van der Waals surface area (Å²) in [6, 6.07) is 17.4. The predicted octanol–water partition coefficient (Wildman–Crippen LogP) is 6.56. The molecule has 0 aromatic heterocycles. The fourth-order valence-electron chi connectivity index (χ4n) is 4.29. The van der Waals surface area contributed by atoms with Gasteiger partial charge in [0.05, 0.1) is 6.04 Å². The zero-order chi connectivity index (χ0) is 26.2. The highest BCUT2D eigenvalue weighted by Crippen LogP contribution is 2.26. The summed E-state index contributed by atoms with van der Waals surface area (Å²) in [5.41, 5.74) is 4.67. The molecule has 0 heterocycles. The molecule has 0 aliphatic rings. The average molecular weight is 492 g/mol. The Hall–Kier alpha value is -3.67. The highest BCUT2D eigenvalue weighted by atomic mass is 19.1. The highest BCUT2D eigenvalue weighted by Gasteiger charge is 2.21. The lowest BCUT2D eigenvalue weighted by Crippen LogP contribution is -2.30. The summed E-state index contributed by atoms with van der Waals surface area (Å²) in [5.74, 6) is -0.837. The topological polar surface area (TPSA) is 75.6 Å². The van der Waals surface area contributed by atoms with Gasteiger partial charge in [-0.05, 0) is 61.9 Å². The van der Waals surface area contributed by atoms with E-state index in [4.69, 9.17) is 4.74 Å². The second-order valence-corrected chi connectivity index (χ2v) is 9.67. The maximum absolute atomic E-state index is 14.0. The number of benzene rings is 3. The number of carboxylic acids is 1. The predicted molar refractivity (Wildman–Crippen MR) is 139 cm³/mol. The number of aliphatic carboxylic acids is 1.